The molecule has 2 amide bonds. The lowest BCUT2D eigenvalue weighted by Gasteiger charge is -2.30. The molecule has 0 saturated heterocycles. The van der Waals surface area contributed by atoms with Crippen LogP contribution in [-0.2, 0) is 28.6 Å². The Morgan fingerprint density at radius 3 is 2.31 bits per heavy atom. The number of benzene rings is 1. The number of aliphatic hydroxyl groups is 1. The first-order valence-corrected chi connectivity index (χ1v) is 15.6. The summed E-state index contributed by atoms with van der Waals surface area (Å²) in [6.07, 6.45) is 2.94. The molecule has 6 atom stereocenters. The zero-order chi connectivity index (χ0) is 35.7. The van der Waals surface area contributed by atoms with Crippen LogP contribution in [0.5, 0.6) is 0 Å². The third-order valence-electron chi connectivity index (χ3n) is 8.48. The molecule has 258 valence electrons. The molecule has 1 aliphatic carbocycles. The number of carbonyl (C=O) groups is 5. The van der Waals surface area contributed by atoms with Crippen LogP contribution >= 0.6 is 0 Å². The summed E-state index contributed by atoms with van der Waals surface area (Å²) < 4.78 is 16.7. The van der Waals surface area contributed by atoms with Gasteiger partial charge in [0, 0.05) is 42.9 Å². The van der Waals surface area contributed by atoms with Crippen molar-refractivity contribution in [2.45, 2.75) is 65.0 Å². The average molecular weight is 664 g/mol. The van der Waals surface area contributed by atoms with E-state index in [9.17, 15) is 29.1 Å². The first-order chi connectivity index (χ1) is 22.7. The Balaban J connectivity index is 2.18. The highest BCUT2D eigenvalue weighted by atomic mass is 16.6. The SMILES string of the molecule is COC1/C=C\C=C(/C)C(=O)N(CC(=O)c2ccccc2)C2=CC(=O)C(N)=C(C[C@@H](C)C[C@H](OC)[C@H](O)[C@@H](C)/C=C(\C)[C@@H]1OC(N)=O)C2=O. The lowest BCUT2D eigenvalue weighted by molar-refractivity contribution is -0.128. The Morgan fingerprint density at radius 2 is 1.71 bits per heavy atom. The van der Waals surface area contributed by atoms with Crippen molar-refractivity contribution in [3.8, 4) is 0 Å². The summed E-state index contributed by atoms with van der Waals surface area (Å²) in [5.74, 6) is -3.28. The highest BCUT2D eigenvalue weighted by Crippen LogP contribution is 2.30. The van der Waals surface area contributed by atoms with Crippen molar-refractivity contribution in [1.82, 2.24) is 4.90 Å². The highest BCUT2D eigenvalue weighted by molar-refractivity contribution is 6.23. The molecule has 1 aromatic carbocycles. The summed E-state index contributed by atoms with van der Waals surface area (Å²) in [4.78, 5) is 67.3. The van der Waals surface area contributed by atoms with Gasteiger partial charge in [0.2, 0.25) is 11.6 Å². The molecule has 2 aliphatic rings. The van der Waals surface area contributed by atoms with E-state index in [0.717, 1.165) is 11.0 Å². The Morgan fingerprint density at radius 1 is 1.04 bits per heavy atom. The predicted molar refractivity (Wildman–Crippen MR) is 178 cm³/mol. The molecular weight excluding hydrogens is 618 g/mol. The van der Waals surface area contributed by atoms with Gasteiger partial charge >= 0.3 is 6.09 Å². The van der Waals surface area contributed by atoms with Crippen LogP contribution in [0.3, 0.4) is 0 Å². The first kappa shape index (κ1) is 37.8. The van der Waals surface area contributed by atoms with E-state index in [0.29, 0.717) is 11.1 Å². The van der Waals surface area contributed by atoms with Crippen LogP contribution < -0.4 is 11.5 Å². The van der Waals surface area contributed by atoms with Crippen molar-refractivity contribution < 1.29 is 43.3 Å². The molecule has 0 saturated carbocycles. The number of ketones is 3. The van der Waals surface area contributed by atoms with Gasteiger partial charge in [-0.1, -0.05) is 68.5 Å². The number of rotatable bonds is 6. The third-order valence-corrected chi connectivity index (χ3v) is 8.48. The number of allylic oxidation sites excluding steroid dienone is 4. The minimum atomic E-state index is -1.04. The molecule has 5 N–H and O–H groups in total. The van der Waals surface area contributed by atoms with Gasteiger partial charge in [-0.15, -0.1) is 0 Å². The number of fused-ring (bicyclic) bond motifs is 2. The fraction of sp³-hybridized carbons (Fsp3) is 0.417. The molecule has 1 unspecified atom stereocenters. The summed E-state index contributed by atoms with van der Waals surface area (Å²) in [6, 6.07) is 8.26. The van der Waals surface area contributed by atoms with E-state index < -0.39 is 66.2 Å². The molecule has 1 heterocycles. The van der Waals surface area contributed by atoms with E-state index in [2.05, 4.69) is 0 Å². The minimum Gasteiger partial charge on any atom is -0.439 e. The average Bonchev–Trinajstić information content (AvgIpc) is 3.06. The molecule has 2 bridgehead atoms. The van der Waals surface area contributed by atoms with Crippen LogP contribution in [0.15, 0.2) is 88.8 Å². The number of hydrogen-bond acceptors (Lipinski definition) is 10. The molecular formula is C36H45N3O9. The number of methoxy groups -OCH3 is 2. The van der Waals surface area contributed by atoms with Crippen molar-refractivity contribution in [2.75, 3.05) is 20.8 Å². The summed E-state index contributed by atoms with van der Waals surface area (Å²) in [5.41, 5.74) is 12.0. The molecule has 0 aromatic heterocycles. The van der Waals surface area contributed by atoms with Crippen molar-refractivity contribution in [1.29, 1.82) is 0 Å². The second-order valence-electron chi connectivity index (χ2n) is 12.2. The number of primary amides is 1. The number of hydrogen-bond donors (Lipinski definition) is 3. The van der Waals surface area contributed by atoms with Gasteiger partial charge in [0.25, 0.3) is 5.91 Å². The van der Waals surface area contributed by atoms with E-state index in [-0.39, 0.29) is 41.3 Å². The smallest absolute Gasteiger partial charge is 0.405 e. The lowest BCUT2D eigenvalue weighted by atomic mass is 9.85. The molecule has 0 fully saturated rings. The molecule has 0 spiro atoms. The highest BCUT2D eigenvalue weighted by Gasteiger charge is 2.36. The maximum absolute atomic E-state index is 14.0. The van der Waals surface area contributed by atoms with Gasteiger partial charge in [-0.05, 0) is 38.2 Å². The predicted octanol–water partition coefficient (Wildman–Crippen LogP) is 3.32. The van der Waals surface area contributed by atoms with Crippen LogP contribution in [-0.4, -0.2) is 84.5 Å². The number of amides is 2. The van der Waals surface area contributed by atoms with Crippen molar-refractivity contribution in [3.05, 3.63) is 94.4 Å². The fourth-order valence-electron chi connectivity index (χ4n) is 5.81. The van der Waals surface area contributed by atoms with E-state index in [4.69, 9.17) is 25.7 Å². The lowest BCUT2D eigenvalue weighted by Crippen LogP contribution is -2.41. The molecule has 12 heteroatoms. The monoisotopic (exact) mass is 663 g/mol. The Kier molecular flexibility index (Phi) is 13.4. The minimum absolute atomic E-state index is 0.0110. The molecule has 12 nitrogen and oxygen atoms in total. The van der Waals surface area contributed by atoms with Crippen molar-refractivity contribution in [2.24, 2.45) is 23.3 Å². The summed E-state index contributed by atoms with van der Waals surface area (Å²) in [6.45, 7) is 6.28. The maximum Gasteiger partial charge on any atom is 0.405 e. The Hall–Kier alpha value is -4.65. The van der Waals surface area contributed by atoms with E-state index >= 15 is 0 Å². The van der Waals surface area contributed by atoms with Gasteiger partial charge in [0.05, 0.1) is 30.1 Å². The standard InChI is InChI=1S/C36H45N3O9/c1-20-15-25-31(37)27(40)18-26(33(25)43)39(19-28(41)24-12-8-7-9-13-24)35(44)21(2)11-10-14-29(46-5)34(48-36(38)45)23(4)17-22(3)32(42)30(16-20)47-6/h7-14,17-18,20,22,29-30,32,34,42H,15-16,19,37H2,1-6H3,(H2,38,45)/b14-10-,21-11+,23-17+/t20-,22+,29?,30+,32-,34+/m1/s1. The molecule has 1 aromatic rings. The zero-order valence-corrected chi connectivity index (χ0v) is 28.2. The largest absolute Gasteiger partial charge is 0.439 e. The van der Waals surface area contributed by atoms with Crippen LogP contribution in [0.25, 0.3) is 0 Å². The number of carbonyl (C=O) groups excluding carboxylic acids is 5. The van der Waals surface area contributed by atoms with Crippen LogP contribution in [0.4, 0.5) is 4.79 Å². The van der Waals surface area contributed by atoms with Gasteiger partial charge < -0.3 is 30.8 Å². The normalized spacial score (nSPS) is 29.4. The third kappa shape index (κ3) is 9.24. The Labute approximate surface area is 280 Å². The van der Waals surface area contributed by atoms with Crippen LogP contribution in [0.1, 0.15) is 50.9 Å². The van der Waals surface area contributed by atoms with Gasteiger partial charge in [-0.3, -0.25) is 24.1 Å². The number of ether oxygens (including phenoxy) is 3. The maximum atomic E-state index is 14.0. The number of Topliss-reactive ketones (excluding diaryl/α,β-unsaturated/α-hetero) is 2. The Bertz CT molecular complexity index is 1560. The second kappa shape index (κ2) is 17.0. The second-order valence-corrected chi connectivity index (χ2v) is 12.2. The molecule has 3 rings (SSSR count). The fourth-order valence-corrected chi connectivity index (χ4v) is 5.81. The summed E-state index contributed by atoms with van der Waals surface area (Å²) in [5, 5.41) is 11.3. The van der Waals surface area contributed by atoms with Crippen molar-refractivity contribution in [3.63, 3.8) is 0 Å². The van der Waals surface area contributed by atoms with Gasteiger partial charge in [0.1, 0.15) is 6.10 Å². The van der Waals surface area contributed by atoms with Crippen LogP contribution in [0.2, 0.25) is 0 Å². The number of nitrogens with zero attached hydrogens (tertiary/aromatic N) is 1. The van der Waals surface area contributed by atoms with Crippen molar-refractivity contribution >= 4 is 29.4 Å². The van der Waals surface area contributed by atoms with Gasteiger partial charge in [0.15, 0.2) is 11.9 Å². The quantitative estimate of drug-likeness (QED) is 0.231. The van der Waals surface area contributed by atoms with Gasteiger partial charge in [-0.2, -0.15) is 0 Å². The zero-order valence-electron chi connectivity index (χ0n) is 28.2. The summed E-state index contributed by atoms with van der Waals surface area (Å²) >= 11 is 0. The first-order valence-electron chi connectivity index (χ1n) is 15.6. The van der Waals surface area contributed by atoms with E-state index in [1.807, 2.05) is 6.92 Å². The molecule has 1 aliphatic heterocycles. The molecule has 48 heavy (non-hydrogen) atoms. The topological polar surface area (TPSA) is 189 Å². The number of nitrogens with two attached hydrogens (primary N) is 2. The van der Waals surface area contributed by atoms with Crippen LogP contribution in [0, 0.1) is 11.8 Å². The van der Waals surface area contributed by atoms with E-state index in [1.165, 1.54) is 33.3 Å². The molecule has 0 radical (unpaired) electrons. The number of aliphatic hydroxyl groups excluding tert-OH is 1. The summed E-state index contributed by atoms with van der Waals surface area (Å²) in [7, 11) is 2.86. The van der Waals surface area contributed by atoms with E-state index in [1.54, 1.807) is 56.3 Å². The van der Waals surface area contributed by atoms with Gasteiger partial charge in [-0.25, -0.2) is 4.79 Å².